The second-order valence-corrected chi connectivity index (χ2v) is 4.63. The van der Waals surface area contributed by atoms with Crippen molar-refractivity contribution in [3.05, 3.63) is 0 Å². The highest BCUT2D eigenvalue weighted by atomic mass is 127. The van der Waals surface area contributed by atoms with Gasteiger partial charge in [0.1, 0.15) is 0 Å². The van der Waals surface area contributed by atoms with Gasteiger partial charge in [-0.15, -0.1) is 0 Å². The Morgan fingerprint density at radius 3 is 2.50 bits per heavy atom. The zero-order valence-electron chi connectivity index (χ0n) is 4.59. The van der Waals surface area contributed by atoms with Crippen LogP contribution < -0.4 is 5.09 Å². The van der Waals surface area contributed by atoms with Crippen molar-refractivity contribution in [1.29, 1.82) is 0 Å². The summed E-state index contributed by atoms with van der Waals surface area (Å²) in [6, 6.07) is 0. The van der Waals surface area contributed by atoms with Gasteiger partial charge in [-0.3, -0.25) is 4.57 Å². The van der Waals surface area contributed by atoms with Crippen LogP contribution in [-0.2, 0) is 4.57 Å². The van der Waals surface area contributed by atoms with E-state index in [-0.39, 0.29) is 0 Å². The molecule has 1 atom stereocenters. The first-order valence-electron chi connectivity index (χ1n) is 2.17. The molecule has 0 saturated heterocycles. The van der Waals surface area contributed by atoms with Crippen LogP contribution in [0.15, 0.2) is 0 Å². The minimum Gasteiger partial charge on any atom is -0.333 e. The zero-order chi connectivity index (χ0) is 6.62. The summed E-state index contributed by atoms with van der Waals surface area (Å²) < 4.78 is 11.3. The SMILES string of the molecule is CP(=O)(O)NCCI. The van der Waals surface area contributed by atoms with E-state index in [1.165, 1.54) is 6.66 Å². The summed E-state index contributed by atoms with van der Waals surface area (Å²) in [5.74, 6) is 0. The normalized spacial score (nSPS) is 17.9. The minimum atomic E-state index is -2.94. The third kappa shape index (κ3) is 6.88. The molecular weight excluding hydrogens is 240 g/mol. The second-order valence-electron chi connectivity index (χ2n) is 1.48. The quantitative estimate of drug-likeness (QED) is 0.442. The van der Waals surface area contributed by atoms with E-state index in [1.54, 1.807) is 0 Å². The Morgan fingerprint density at radius 2 is 2.38 bits per heavy atom. The third-order valence-electron chi connectivity index (χ3n) is 0.500. The summed E-state index contributed by atoms with van der Waals surface area (Å²) in [5.41, 5.74) is 0. The summed E-state index contributed by atoms with van der Waals surface area (Å²) in [5, 5.41) is 2.48. The molecule has 0 bridgehead atoms. The zero-order valence-corrected chi connectivity index (χ0v) is 7.65. The third-order valence-corrected chi connectivity index (χ3v) is 1.85. The molecule has 0 fully saturated rings. The van der Waals surface area contributed by atoms with Crippen LogP contribution in [0.4, 0.5) is 0 Å². The molecule has 2 N–H and O–H groups in total. The van der Waals surface area contributed by atoms with E-state index >= 15 is 0 Å². The lowest BCUT2D eigenvalue weighted by Crippen LogP contribution is -2.11. The molecule has 0 aromatic rings. The van der Waals surface area contributed by atoms with Crippen molar-refractivity contribution < 1.29 is 9.46 Å². The van der Waals surface area contributed by atoms with E-state index < -0.39 is 7.52 Å². The first kappa shape index (κ1) is 8.88. The van der Waals surface area contributed by atoms with E-state index in [0.29, 0.717) is 6.54 Å². The molecule has 0 aliphatic heterocycles. The lowest BCUT2D eigenvalue weighted by molar-refractivity contribution is 0.472. The second kappa shape index (κ2) is 3.82. The van der Waals surface area contributed by atoms with Crippen LogP contribution in [0, 0.1) is 0 Å². The average molecular weight is 249 g/mol. The van der Waals surface area contributed by atoms with Gasteiger partial charge in [-0.1, -0.05) is 22.6 Å². The maximum Gasteiger partial charge on any atom is 0.264 e. The van der Waals surface area contributed by atoms with Crippen LogP contribution in [0.5, 0.6) is 0 Å². The average Bonchev–Trinajstić information content (AvgIpc) is 1.59. The van der Waals surface area contributed by atoms with E-state index in [1.807, 2.05) is 0 Å². The first-order chi connectivity index (χ1) is 3.56. The molecule has 5 heteroatoms. The fraction of sp³-hybridized carbons (Fsp3) is 1.00. The van der Waals surface area contributed by atoms with Gasteiger partial charge in [0, 0.05) is 17.6 Å². The lowest BCUT2D eigenvalue weighted by atomic mass is 10.8. The smallest absolute Gasteiger partial charge is 0.264 e. The molecule has 0 spiro atoms. The fourth-order valence-corrected chi connectivity index (χ4v) is 1.47. The van der Waals surface area contributed by atoms with Crippen molar-refractivity contribution in [2.24, 2.45) is 0 Å². The van der Waals surface area contributed by atoms with Crippen molar-refractivity contribution in [2.75, 3.05) is 17.6 Å². The van der Waals surface area contributed by atoms with Gasteiger partial charge < -0.3 is 4.89 Å². The topological polar surface area (TPSA) is 49.3 Å². The Labute approximate surface area is 62.5 Å². The predicted molar refractivity (Wildman–Crippen MR) is 42.6 cm³/mol. The molecule has 0 aliphatic carbocycles. The summed E-state index contributed by atoms with van der Waals surface area (Å²) in [6.07, 6.45) is 0. The van der Waals surface area contributed by atoms with Gasteiger partial charge in [0.2, 0.25) is 0 Å². The molecule has 50 valence electrons. The summed E-state index contributed by atoms with van der Waals surface area (Å²) in [6.45, 7) is 1.89. The van der Waals surface area contributed by atoms with Crippen LogP contribution in [0.25, 0.3) is 0 Å². The molecule has 0 heterocycles. The molecule has 0 amide bonds. The summed E-state index contributed by atoms with van der Waals surface area (Å²) >= 11 is 2.13. The number of rotatable bonds is 3. The molecule has 1 unspecified atom stereocenters. The van der Waals surface area contributed by atoms with E-state index in [4.69, 9.17) is 4.89 Å². The maximum absolute atomic E-state index is 10.4. The van der Waals surface area contributed by atoms with Gasteiger partial charge in [0.15, 0.2) is 0 Å². The number of halogens is 1. The number of alkyl halides is 1. The number of nitrogens with one attached hydrogen (secondary N) is 1. The first-order valence-corrected chi connectivity index (χ1v) is 5.81. The predicted octanol–water partition coefficient (Wildman–Crippen LogP) is 0.826. The van der Waals surface area contributed by atoms with Crippen LogP contribution in [0.3, 0.4) is 0 Å². The molecule has 0 aromatic heterocycles. The monoisotopic (exact) mass is 249 g/mol. The number of hydrogen-bond acceptors (Lipinski definition) is 1. The number of hydrogen-bond donors (Lipinski definition) is 2. The highest BCUT2D eigenvalue weighted by Gasteiger charge is 2.04. The van der Waals surface area contributed by atoms with Crippen molar-refractivity contribution in [3.63, 3.8) is 0 Å². The van der Waals surface area contributed by atoms with Crippen LogP contribution in [0.2, 0.25) is 0 Å². The molecule has 0 rings (SSSR count). The molecule has 8 heavy (non-hydrogen) atoms. The minimum absolute atomic E-state index is 0.602. The fourth-order valence-electron chi connectivity index (χ4n) is 0.250. The van der Waals surface area contributed by atoms with Crippen molar-refractivity contribution >= 4 is 30.1 Å². The largest absolute Gasteiger partial charge is 0.333 e. The van der Waals surface area contributed by atoms with Gasteiger partial charge in [0.25, 0.3) is 7.52 Å². The van der Waals surface area contributed by atoms with Crippen molar-refractivity contribution in [2.45, 2.75) is 0 Å². The molecule has 0 aromatic carbocycles. The summed E-state index contributed by atoms with van der Waals surface area (Å²) in [4.78, 5) is 8.59. The Hall–Kier alpha value is 0.880. The lowest BCUT2D eigenvalue weighted by Gasteiger charge is -2.03. The van der Waals surface area contributed by atoms with E-state index in [9.17, 15) is 4.57 Å². The van der Waals surface area contributed by atoms with Gasteiger partial charge >= 0.3 is 0 Å². The Bertz CT molecular complexity index is 101. The van der Waals surface area contributed by atoms with Crippen molar-refractivity contribution in [3.8, 4) is 0 Å². The van der Waals surface area contributed by atoms with Gasteiger partial charge in [-0.05, 0) is 0 Å². The Balaban J connectivity index is 3.26. The van der Waals surface area contributed by atoms with E-state index in [2.05, 4.69) is 27.7 Å². The van der Waals surface area contributed by atoms with Crippen LogP contribution in [0.1, 0.15) is 0 Å². The molecule has 0 aliphatic rings. The standard InChI is InChI=1S/C3H9INO2P/c1-8(6,7)5-3-2-4/h2-3H2,1H3,(H2,5,6,7). The molecule has 0 saturated carbocycles. The van der Waals surface area contributed by atoms with E-state index in [0.717, 1.165) is 4.43 Å². The maximum atomic E-state index is 10.4. The van der Waals surface area contributed by atoms with Gasteiger partial charge in [-0.25, -0.2) is 5.09 Å². The van der Waals surface area contributed by atoms with Crippen LogP contribution >= 0.6 is 30.1 Å². The van der Waals surface area contributed by atoms with Gasteiger partial charge in [0.05, 0.1) is 0 Å². The van der Waals surface area contributed by atoms with Gasteiger partial charge in [-0.2, -0.15) is 0 Å². The Morgan fingerprint density at radius 1 is 1.88 bits per heavy atom. The molecular formula is C3H9INO2P. The molecule has 0 radical (unpaired) electrons. The van der Waals surface area contributed by atoms with Crippen LogP contribution in [-0.4, -0.2) is 22.5 Å². The van der Waals surface area contributed by atoms with Crippen molar-refractivity contribution in [1.82, 2.24) is 5.09 Å². The Kier molecular flexibility index (Phi) is 4.24. The summed E-state index contributed by atoms with van der Waals surface area (Å²) in [7, 11) is -2.94. The highest BCUT2D eigenvalue weighted by Crippen LogP contribution is 2.27. The highest BCUT2D eigenvalue weighted by molar-refractivity contribution is 14.1. The molecule has 3 nitrogen and oxygen atoms in total.